The summed E-state index contributed by atoms with van der Waals surface area (Å²) in [5.41, 5.74) is 2.46. The van der Waals surface area contributed by atoms with Crippen LogP contribution >= 0.6 is 0 Å². The van der Waals surface area contributed by atoms with Gasteiger partial charge < -0.3 is 14.9 Å². The van der Waals surface area contributed by atoms with E-state index in [-0.39, 0.29) is 18.6 Å². The smallest absolute Gasteiger partial charge is 0.303 e. The van der Waals surface area contributed by atoms with Crippen molar-refractivity contribution in [1.29, 1.82) is 0 Å². The Labute approximate surface area is 139 Å². The van der Waals surface area contributed by atoms with Crippen LogP contribution in [0.2, 0.25) is 0 Å². The van der Waals surface area contributed by atoms with Crippen LogP contribution < -0.4 is 4.74 Å². The minimum absolute atomic E-state index is 0.0173. The maximum absolute atomic E-state index is 10.6. The van der Waals surface area contributed by atoms with Crippen LogP contribution in [0.4, 0.5) is 0 Å². The van der Waals surface area contributed by atoms with E-state index in [1.165, 1.54) is 6.07 Å². The molecule has 0 unspecified atom stereocenters. The molecule has 5 nitrogen and oxygen atoms in total. The number of carbonyl (C=O) groups is 1. The molecular weight excluding hydrogens is 306 g/mol. The predicted molar refractivity (Wildman–Crippen MR) is 90.1 cm³/mol. The van der Waals surface area contributed by atoms with Crippen LogP contribution in [-0.4, -0.2) is 21.2 Å². The molecular formula is C19H17NO4. The Morgan fingerprint density at radius 2 is 1.96 bits per heavy atom. The standard InChI is InChI=1S/C19H17NO4/c21-18-10-16(7-5-14(18)6-8-19(22)23)24-12-13-9-15-3-1-2-4-17(15)20-11-13/h1-5,7,9-11,21H,6,8,12H2,(H,22,23). The molecule has 24 heavy (non-hydrogen) atoms. The van der Waals surface area contributed by atoms with Crippen LogP contribution in [-0.2, 0) is 17.8 Å². The zero-order valence-corrected chi connectivity index (χ0v) is 13.0. The fourth-order valence-electron chi connectivity index (χ4n) is 2.45. The molecule has 122 valence electrons. The first-order chi connectivity index (χ1) is 11.6. The number of fused-ring (bicyclic) bond motifs is 1. The first-order valence-electron chi connectivity index (χ1n) is 7.62. The fourth-order valence-corrected chi connectivity index (χ4v) is 2.45. The molecule has 1 aromatic heterocycles. The lowest BCUT2D eigenvalue weighted by Gasteiger charge is -2.09. The van der Waals surface area contributed by atoms with Gasteiger partial charge in [0.1, 0.15) is 18.1 Å². The van der Waals surface area contributed by atoms with Crippen LogP contribution in [0.3, 0.4) is 0 Å². The lowest BCUT2D eigenvalue weighted by Crippen LogP contribution is -1.99. The Balaban J connectivity index is 1.67. The number of phenols is 1. The molecule has 0 saturated heterocycles. The van der Waals surface area contributed by atoms with Crippen molar-refractivity contribution in [3.8, 4) is 11.5 Å². The predicted octanol–water partition coefficient (Wildman–Crippen LogP) is 3.54. The topological polar surface area (TPSA) is 79.7 Å². The molecule has 0 bridgehead atoms. The Bertz CT molecular complexity index is 876. The van der Waals surface area contributed by atoms with E-state index in [2.05, 4.69) is 4.98 Å². The number of hydrogen-bond acceptors (Lipinski definition) is 4. The molecule has 0 aliphatic rings. The molecule has 0 atom stereocenters. The van der Waals surface area contributed by atoms with E-state index >= 15 is 0 Å². The maximum Gasteiger partial charge on any atom is 0.303 e. The van der Waals surface area contributed by atoms with Gasteiger partial charge in [-0.05, 0) is 30.2 Å². The Morgan fingerprint density at radius 3 is 2.75 bits per heavy atom. The summed E-state index contributed by atoms with van der Waals surface area (Å²) < 4.78 is 5.69. The van der Waals surface area contributed by atoms with E-state index in [0.717, 1.165) is 16.5 Å². The van der Waals surface area contributed by atoms with Gasteiger partial charge in [-0.2, -0.15) is 0 Å². The monoisotopic (exact) mass is 323 g/mol. The normalized spacial score (nSPS) is 10.7. The third kappa shape index (κ3) is 3.81. The summed E-state index contributed by atoms with van der Waals surface area (Å²) >= 11 is 0. The molecule has 0 aliphatic carbocycles. The molecule has 0 spiro atoms. The highest BCUT2D eigenvalue weighted by molar-refractivity contribution is 5.78. The second kappa shape index (κ2) is 7.00. The number of aryl methyl sites for hydroxylation is 1. The molecule has 0 fully saturated rings. The van der Waals surface area contributed by atoms with Crippen molar-refractivity contribution < 1.29 is 19.7 Å². The Morgan fingerprint density at radius 1 is 1.12 bits per heavy atom. The third-order valence-electron chi connectivity index (χ3n) is 3.72. The number of hydrogen-bond donors (Lipinski definition) is 2. The van der Waals surface area contributed by atoms with Crippen LogP contribution in [0.5, 0.6) is 11.5 Å². The average Bonchev–Trinajstić information content (AvgIpc) is 2.59. The molecule has 5 heteroatoms. The van der Waals surface area contributed by atoms with Crippen molar-refractivity contribution in [2.75, 3.05) is 0 Å². The van der Waals surface area contributed by atoms with Gasteiger partial charge in [-0.25, -0.2) is 0 Å². The lowest BCUT2D eigenvalue weighted by atomic mass is 10.1. The van der Waals surface area contributed by atoms with E-state index < -0.39 is 5.97 Å². The van der Waals surface area contributed by atoms with Crippen molar-refractivity contribution in [3.63, 3.8) is 0 Å². The van der Waals surface area contributed by atoms with Gasteiger partial charge in [0, 0.05) is 29.6 Å². The highest BCUT2D eigenvalue weighted by Crippen LogP contribution is 2.25. The number of pyridine rings is 1. The number of rotatable bonds is 6. The van der Waals surface area contributed by atoms with E-state index in [1.807, 2.05) is 30.3 Å². The van der Waals surface area contributed by atoms with Gasteiger partial charge in [-0.3, -0.25) is 9.78 Å². The molecule has 2 aromatic carbocycles. The molecule has 0 amide bonds. The fraction of sp³-hybridized carbons (Fsp3) is 0.158. The SMILES string of the molecule is O=C(O)CCc1ccc(OCc2cnc3ccccc3c2)cc1O. The van der Waals surface area contributed by atoms with Crippen LogP contribution in [0, 0.1) is 0 Å². The van der Waals surface area contributed by atoms with Gasteiger partial charge in [0.05, 0.1) is 5.52 Å². The molecule has 0 aliphatic heterocycles. The summed E-state index contributed by atoms with van der Waals surface area (Å²) in [6.45, 7) is 0.339. The van der Waals surface area contributed by atoms with Crippen LogP contribution in [0.1, 0.15) is 17.5 Å². The van der Waals surface area contributed by atoms with E-state index in [1.54, 1.807) is 18.3 Å². The van der Waals surface area contributed by atoms with Crippen molar-refractivity contribution in [2.24, 2.45) is 0 Å². The number of nitrogens with zero attached hydrogens (tertiary/aromatic N) is 1. The quantitative estimate of drug-likeness (QED) is 0.725. The van der Waals surface area contributed by atoms with Gasteiger partial charge in [0.2, 0.25) is 0 Å². The zero-order valence-electron chi connectivity index (χ0n) is 13.0. The van der Waals surface area contributed by atoms with Crippen molar-refractivity contribution in [2.45, 2.75) is 19.4 Å². The second-order valence-electron chi connectivity index (χ2n) is 5.51. The number of benzene rings is 2. The summed E-state index contributed by atoms with van der Waals surface area (Å²) in [7, 11) is 0. The van der Waals surface area contributed by atoms with Gasteiger partial charge in [-0.15, -0.1) is 0 Å². The largest absolute Gasteiger partial charge is 0.508 e. The van der Waals surface area contributed by atoms with Crippen molar-refractivity contribution in [3.05, 3.63) is 65.9 Å². The van der Waals surface area contributed by atoms with Gasteiger partial charge in [0.15, 0.2) is 0 Å². The summed E-state index contributed by atoms with van der Waals surface area (Å²) in [6, 6.07) is 14.8. The Hall–Kier alpha value is -3.08. The Kier molecular flexibility index (Phi) is 4.61. The summed E-state index contributed by atoms with van der Waals surface area (Å²) in [5, 5.41) is 19.7. The van der Waals surface area contributed by atoms with E-state index in [9.17, 15) is 9.90 Å². The van der Waals surface area contributed by atoms with Gasteiger partial charge in [0.25, 0.3) is 0 Å². The highest BCUT2D eigenvalue weighted by Gasteiger charge is 2.07. The van der Waals surface area contributed by atoms with E-state index in [0.29, 0.717) is 17.9 Å². The number of phenolic OH excluding ortho intramolecular Hbond substituents is 1. The minimum atomic E-state index is -0.890. The van der Waals surface area contributed by atoms with Crippen LogP contribution in [0.25, 0.3) is 10.9 Å². The van der Waals surface area contributed by atoms with Crippen molar-refractivity contribution >= 4 is 16.9 Å². The van der Waals surface area contributed by atoms with E-state index in [4.69, 9.17) is 9.84 Å². The zero-order chi connectivity index (χ0) is 16.9. The molecule has 3 aromatic rings. The number of aliphatic carboxylic acids is 1. The number of carboxylic acids is 1. The number of aromatic hydroxyl groups is 1. The summed E-state index contributed by atoms with van der Waals surface area (Å²) in [5.74, 6) is -0.316. The number of aromatic nitrogens is 1. The van der Waals surface area contributed by atoms with Gasteiger partial charge >= 0.3 is 5.97 Å². The molecule has 0 saturated carbocycles. The summed E-state index contributed by atoms with van der Waals surface area (Å²) in [6.07, 6.45) is 2.04. The molecule has 1 heterocycles. The second-order valence-corrected chi connectivity index (χ2v) is 5.51. The van der Waals surface area contributed by atoms with Gasteiger partial charge in [-0.1, -0.05) is 24.3 Å². The molecule has 0 radical (unpaired) electrons. The number of carboxylic acid groups (broad SMARTS) is 1. The number of para-hydroxylation sites is 1. The van der Waals surface area contributed by atoms with Crippen LogP contribution in [0.15, 0.2) is 54.7 Å². The third-order valence-corrected chi connectivity index (χ3v) is 3.72. The average molecular weight is 323 g/mol. The minimum Gasteiger partial charge on any atom is -0.508 e. The molecule has 3 rings (SSSR count). The lowest BCUT2D eigenvalue weighted by molar-refractivity contribution is -0.136. The maximum atomic E-state index is 10.6. The highest BCUT2D eigenvalue weighted by atomic mass is 16.5. The first kappa shape index (κ1) is 15.8. The summed E-state index contributed by atoms with van der Waals surface area (Å²) in [4.78, 5) is 15.0. The first-order valence-corrected chi connectivity index (χ1v) is 7.62. The molecule has 2 N–H and O–H groups in total. The number of ether oxygens (including phenoxy) is 1. The van der Waals surface area contributed by atoms with Crippen molar-refractivity contribution in [1.82, 2.24) is 4.98 Å².